The molecule has 2 aliphatic rings. The van der Waals surface area contributed by atoms with E-state index in [4.69, 9.17) is 28.1 Å². The molecule has 3 aromatic carbocycles. The number of esters is 1. The zero-order valence-electron chi connectivity index (χ0n) is 27.9. The third-order valence-electron chi connectivity index (χ3n) is 8.73. The molecule has 6 unspecified atom stereocenters. The molecule has 1 aromatic heterocycles. The van der Waals surface area contributed by atoms with Crippen LogP contribution in [0, 0.1) is 0 Å². The number of benzene rings is 3. The van der Waals surface area contributed by atoms with Crippen molar-refractivity contribution in [2.75, 3.05) is 13.2 Å². The number of ether oxygens (including phenoxy) is 5. The van der Waals surface area contributed by atoms with E-state index >= 15 is 0 Å². The van der Waals surface area contributed by atoms with Crippen molar-refractivity contribution in [2.24, 2.45) is 0 Å². The molecule has 4 aromatic rings. The molecule has 0 spiro atoms. The molecular formula is C36H36O18. The number of hydrogen-bond donors (Lipinski definition) is 10. The van der Waals surface area contributed by atoms with Crippen LogP contribution in [0.15, 0.2) is 76.0 Å². The SMILES string of the molecule is O=C(/C=C/c1ccc(O)cc1)OCC1O[C@@H](Oc2c(-c3ccc(O[C@@H]4OC(CO)[C@H](O)C(O)C4O)cc3)oc3cc(O)cc(O)c3c2=O)C(O)C(O)[C@H]1O. The van der Waals surface area contributed by atoms with Gasteiger partial charge in [-0.05, 0) is 48.0 Å². The first-order chi connectivity index (χ1) is 25.7. The Labute approximate surface area is 304 Å². The van der Waals surface area contributed by atoms with Gasteiger partial charge < -0.3 is 79.2 Å². The van der Waals surface area contributed by atoms with E-state index in [2.05, 4.69) is 0 Å². The van der Waals surface area contributed by atoms with Gasteiger partial charge in [0, 0.05) is 23.8 Å². The Kier molecular flexibility index (Phi) is 11.4. The monoisotopic (exact) mass is 756 g/mol. The molecule has 18 heteroatoms. The van der Waals surface area contributed by atoms with Crippen LogP contribution in [-0.4, -0.2) is 132 Å². The third-order valence-corrected chi connectivity index (χ3v) is 8.73. The Morgan fingerprint density at radius 2 is 1.33 bits per heavy atom. The van der Waals surface area contributed by atoms with Crippen molar-refractivity contribution in [1.29, 1.82) is 0 Å². The molecule has 18 nitrogen and oxygen atoms in total. The quantitative estimate of drug-likeness (QED) is 0.0700. The predicted octanol–water partition coefficient (Wildman–Crippen LogP) is -0.802. The Hall–Kier alpha value is -5.28. The van der Waals surface area contributed by atoms with Crippen molar-refractivity contribution in [3.63, 3.8) is 0 Å². The van der Waals surface area contributed by atoms with Gasteiger partial charge in [-0.15, -0.1) is 0 Å². The minimum Gasteiger partial charge on any atom is -0.508 e. The summed E-state index contributed by atoms with van der Waals surface area (Å²) < 4.78 is 33.5. The highest BCUT2D eigenvalue weighted by molar-refractivity contribution is 5.88. The number of fused-ring (bicyclic) bond motifs is 1. The van der Waals surface area contributed by atoms with Crippen molar-refractivity contribution in [2.45, 2.75) is 61.4 Å². The third kappa shape index (κ3) is 7.97. The normalized spacial score (nSPS) is 28.6. The Morgan fingerprint density at radius 3 is 1.98 bits per heavy atom. The predicted molar refractivity (Wildman–Crippen MR) is 181 cm³/mol. The van der Waals surface area contributed by atoms with Crippen LogP contribution < -0.4 is 14.9 Å². The van der Waals surface area contributed by atoms with Gasteiger partial charge in [-0.25, -0.2) is 4.79 Å². The second kappa shape index (κ2) is 16.0. The molecule has 0 aliphatic carbocycles. The summed E-state index contributed by atoms with van der Waals surface area (Å²) in [5, 5.41) is 102. The average molecular weight is 757 g/mol. The summed E-state index contributed by atoms with van der Waals surface area (Å²) in [7, 11) is 0. The lowest BCUT2D eigenvalue weighted by Gasteiger charge is -2.39. The van der Waals surface area contributed by atoms with E-state index in [0.29, 0.717) is 5.56 Å². The first-order valence-corrected chi connectivity index (χ1v) is 16.4. The fourth-order valence-corrected chi connectivity index (χ4v) is 5.78. The molecule has 0 bridgehead atoms. The van der Waals surface area contributed by atoms with Gasteiger partial charge in [-0.2, -0.15) is 0 Å². The van der Waals surface area contributed by atoms with Crippen molar-refractivity contribution in [1.82, 2.24) is 0 Å². The summed E-state index contributed by atoms with van der Waals surface area (Å²) in [6.07, 6.45) is -14.4. The summed E-state index contributed by atoms with van der Waals surface area (Å²) in [6.45, 7) is -1.32. The zero-order valence-corrected chi connectivity index (χ0v) is 27.9. The Morgan fingerprint density at radius 1 is 0.722 bits per heavy atom. The van der Waals surface area contributed by atoms with Crippen molar-refractivity contribution >= 4 is 23.0 Å². The summed E-state index contributed by atoms with van der Waals surface area (Å²) >= 11 is 0. The largest absolute Gasteiger partial charge is 0.508 e. The lowest BCUT2D eigenvalue weighted by molar-refractivity contribution is -0.278. The summed E-state index contributed by atoms with van der Waals surface area (Å²) in [5.74, 6) is -2.94. The van der Waals surface area contributed by atoms with Crippen LogP contribution in [0.5, 0.6) is 28.7 Å². The van der Waals surface area contributed by atoms with Crippen LogP contribution in [0.1, 0.15) is 5.56 Å². The van der Waals surface area contributed by atoms with E-state index in [1.807, 2.05) is 0 Å². The number of phenols is 3. The number of hydrogen-bond acceptors (Lipinski definition) is 18. The summed E-state index contributed by atoms with van der Waals surface area (Å²) in [4.78, 5) is 26.3. The van der Waals surface area contributed by atoms with Crippen LogP contribution in [0.3, 0.4) is 0 Å². The highest BCUT2D eigenvalue weighted by atomic mass is 16.7. The lowest BCUT2D eigenvalue weighted by Crippen LogP contribution is -2.60. The zero-order chi connectivity index (χ0) is 38.8. The van der Waals surface area contributed by atoms with E-state index < -0.39 is 109 Å². The maximum atomic E-state index is 13.9. The van der Waals surface area contributed by atoms with E-state index in [9.17, 15) is 60.7 Å². The number of carbonyl (C=O) groups excluding carboxylic acids is 1. The molecule has 288 valence electrons. The second-order valence-corrected chi connectivity index (χ2v) is 12.5. The maximum Gasteiger partial charge on any atom is 0.330 e. The molecule has 0 amide bonds. The number of carbonyl (C=O) groups is 1. The van der Waals surface area contributed by atoms with Crippen LogP contribution in [0.2, 0.25) is 0 Å². The van der Waals surface area contributed by atoms with E-state index in [-0.39, 0.29) is 28.4 Å². The molecule has 0 saturated carbocycles. The molecule has 2 aliphatic heterocycles. The van der Waals surface area contributed by atoms with Gasteiger partial charge in [0.25, 0.3) is 0 Å². The van der Waals surface area contributed by atoms with Crippen LogP contribution in [0.25, 0.3) is 28.4 Å². The van der Waals surface area contributed by atoms with Crippen molar-refractivity contribution < 1.29 is 84.0 Å². The Balaban J connectivity index is 1.26. The average Bonchev–Trinajstić information content (AvgIpc) is 3.15. The fourth-order valence-electron chi connectivity index (χ4n) is 5.78. The van der Waals surface area contributed by atoms with Gasteiger partial charge in [0.1, 0.15) is 89.4 Å². The highest BCUT2D eigenvalue weighted by Gasteiger charge is 2.47. The molecule has 10 atom stereocenters. The van der Waals surface area contributed by atoms with Gasteiger partial charge in [0.15, 0.2) is 5.76 Å². The highest BCUT2D eigenvalue weighted by Crippen LogP contribution is 2.38. The first-order valence-electron chi connectivity index (χ1n) is 16.4. The van der Waals surface area contributed by atoms with Gasteiger partial charge in [0.05, 0.1) is 6.61 Å². The molecule has 3 heterocycles. The second-order valence-electron chi connectivity index (χ2n) is 12.5. The number of aromatic hydroxyl groups is 3. The van der Waals surface area contributed by atoms with Gasteiger partial charge >= 0.3 is 5.97 Å². The Bertz CT molecular complexity index is 2030. The fraction of sp³-hybridized carbons (Fsp3) is 0.333. The van der Waals surface area contributed by atoms with Gasteiger partial charge in [0.2, 0.25) is 23.8 Å². The van der Waals surface area contributed by atoms with Gasteiger partial charge in [-0.1, -0.05) is 12.1 Å². The van der Waals surface area contributed by atoms with Crippen LogP contribution in [-0.2, 0) is 19.0 Å². The maximum absolute atomic E-state index is 13.9. The number of aliphatic hydroxyl groups excluding tert-OH is 7. The first kappa shape index (κ1) is 38.4. The number of rotatable bonds is 10. The van der Waals surface area contributed by atoms with E-state index in [0.717, 1.165) is 18.2 Å². The molecule has 2 fully saturated rings. The van der Waals surface area contributed by atoms with Crippen molar-refractivity contribution in [3.05, 3.63) is 82.5 Å². The van der Waals surface area contributed by atoms with Crippen molar-refractivity contribution in [3.8, 4) is 40.1 Å². The van der Waals surface area contributed by atoms with Gasteiger partial charge in [-0.3, -0.25) is 4.79 Å². The molecule has 10 N–H and O–H groups in total. The molecule has 0 radical (unpaired) electrons. The standard InChI is InChI=1S/C36H36O18/c37-13-22-26(42)29(45)31(47)35(52-22)50-19-8-4-16(5-9-19)33-34(28(44)25-20(40)11-18(39)12-21(25)51-33)54-36-32(48)30(46)27(43)23(53-36)14-49-24(41)10-3-15-1-6-17(38)7-2-15/h1-12,22-23,26-27,29-32,35-40,42-43,45-48H,13-14H2/b10-3+/t22?,23?,26-,27-,29?,30?,31?,32?,35+,36-/m0/s1. The minimum absolute atomic E-state index is 0.0259. The molecule has 54 heavy (non-hydrogen) atoms. The minimum atomic E-state index is -1.98. The molecule has 2 saturated heterocycles. The molecule has 6 rings (SSSR count). The van der Waals surface area contributed by atoms with E-state index in [1.165, 1.54) is 42.5 Å². The lowest BCUT2D eigenvalue weighted by atomic mass is 9.99. The summed E-state index contributed by atoms with van der Waals surface area (Å²) in [5.41, 5.74) is -0.630. The smallest absolute Gasteiger partial charge is 0.330 e. The number of phenolic OH excluding ortho intramolecular Hbond substituents is 3. The van der Waals surface area contributed by atoms with Crippen LogP contribution in [0.4, 0.5) is 0 Å². The van der Waals surface area contributed by atoms with Crippen LogP contribution >= 0.6 is 0 Å². The molecular weight excluding hydrogens is 720 g/mol. The van der Waals surface area contributed by atoms with E-state index in [1.54, 1.807) is 12.1 Å². The topological polar surface area (TPSA) is 296 Å². The number of aliphatic hydroxyl groups is 7. The summed E-state index contributed by atoms with van der Waals surface area (Å²) in [6, 6.07) is 13.2.